The molecule has 0 spiro atoms. The summed E-state index contributed by atoms with van der Waals surface area (Å²) in [5, 5.41) is 11.1. The van der Waals surface area contributed by atoms with Gasteiger partial charge in [0.05, 0.1) is 13.0 Å². The molecule has 162 valence electrons. The van der Waals surface area contributed by atoms with Gasteiger partial charge in [-0.3, -0.25) is 14.9 Å². The minimum Gasteiger partial charge on any atom is -0.493 e. The van der Waals surface area contributed by atoms with Crippen LogP contribution in [0.4, 0.5) is 16.1 Å². The average Bonchev–Trinajstić information content (AvgIpc) is 3.52. The number of hydrogen-bond acceptors (Lipinski definition) is 7. The van der Waals surface area contributed by atoms with Crippen molar-refractivity contribution in [3.8, 4) is 17.4 Å². The molecule has 1 atom stereocenters. The van der Waals surface area contributed by atoms with Crippen molar-refractivity contribution in [1.29, 1.82) is 0 Å². The van der Waals surface area contributed by atoms with Crippen molar-refractivity contribution in [1.82, 2.24) is 10.2 Å². The van der Waals surface area contributed by atoms with E-state index < -0.39 is 17.6 Å². The summed E-state index contributed by atoms with van der Waals surface area (Å²) in [6.45, 7) is 0.167. The lowest BCUT2D eigenvalue weighted by molar-refractivity contribution is -0.122. The highest BCUT2D eigenvalue weighted by molar-refractivity contribution is 6.03. The smallest absolute Gasteiger partial charge is 0.322 e. The van der Waals surface area contributed by atoms with E-state index in [4.69, 9.17) is 13.6 Å². The van der Waals surface area contributed by atoms with Crippen LogP contribution in [0.3, 0.4) is 0 Å². The quantitative estimate of drug-likeness (QED) is 0.509. The summed E-state index contributed by atoms with van der Waals surface area (Å²) in [6, 6.07) is 12.6. The van der Waals surface area contributed by atoms with Crippen LogP contribution >= 0.6 is 0 Å². The molecular weight excluding hydrogens is 419 g/mol. The van der Waals surface area contributed by atoms with Gasteiger partial charge < -0.3 is 18.5 Å². The first-order chi connectivity index (χ1) is 15.5. The second kappa shape index (κ2) is 7.80. The number of rotatable bonds is 5. The zero-order valence-corrected chi connectivity index (χ0v) is 16.9. The van der Waals surface area contributed by atoms with E-state index in [1.807, 2.05) is 12.1 Å². The molecule has 1 aliphatic rings. The molecule has 9 nitrogen and oxygen atoms in total. The highest BCUT2D eigenvalue weighted by Gasteiger charge is 2.35. The van der Waals surface area contributed by atoms with Crippen LogP contribution in [0.25, 0.3) is 22.6 Å². The highest BCUT2D eigenvalue weighted by atomic mass is 19.1. The Morgan fingerprint density at radius 3 is 2.78 bits per heavy atom. The molecule has 5 rings (SSSR count). The molecule has 1 fully saturated rings. The number of hydrogen-bond donors (Lipinski definition) is 1. The van der Waals surface area contributed by atoms with Gasteiger partial charge in [-0.05, 0) is 36.4 Å². The lowest BCUT2D eigenvalue weighted by Crippen LogP contribution is -2.28. The van der Waals surface area contributed by atoms with Gasteiger partial charge in [0.1, 0.15) is 5.82 Å². The van der Waals surface area contributed by atoms with E-state index in [0.717, 1.165) is 5.39 Å². The van der Waals surface area contributed by atoms with Crippen molar-refractivity contribution in [3.63, 3.8) is 0 Å². The maximum atomic E-state index is 13.1. The molecule has 2 aromatic heterocycles. The normalized spacial score (nSPS) is 16.0. The van der Waals surface area contributed by atoms with Crippen LogP contribution in [0, 0.1) is 11.7 Å². The number of nitrogens with zero attached hydrogens (tertiary/aromatic N) is 3. The number of para-hydroxylation sites is 1. The average molecular weight is 436 g/mol. The van der Waals surface area contributed by atoms with Gasteiger partial charge >= 0.3 is 6.01 Å². The summed E-state index contributed by atoms with van der Waals surface area (Å²) in [4.78, 5) is 26.4. The van der Waals surface area contributed by atoms with Crippen molar-refractivity contribution < 1.29 is 27.6 Å². The third-order valence-corrected chi connectivity index (χ3v) is 5.23. The Morgan fingerprint density at radius 1 is 1.19 bits per heavy atom. The standard InChI is InChI=1S/C22H17FN4O5/c1-30-16-4-2-3-12-9-17(31-19(12)16)21-25-26-22(32-21)24-20(29)13-10-18(28)27(11-13)15-7-5-14(23)6-8-15/h2-9,13H,10-11H2,1H3,(H,24,26,29)/t13-/m0/s1. The van der Waals surface area contributed by atoms with E-state index in [9.17, 15) is 14.0 Å². The molecule has 32 heavy (non-hydrogen) atoms. The van der Waals surface area contributed by atoms with Crippen molar-refractivity contribution in [3.05, 3.63) is 54.3 Å². The molecule has 10 heteroatoms. The Bertz CT molecular complexity index is 1310. The zero-order chi connectivity index (χ0) is 22.2. The minimum absolute atomic E-state index is 0.0214. The number of methoxy groups -OCH3 is 1. The number of fused-ring (bicyclic) bond motifs is 1. The van der Waals surface area contributed by atoms with E-state index in [0.29, 0.717) is 22.8 Å². The van der Waals surface area contributed by atoms with Crippen LogP contribution in [0.15, 0.2) is 57.4 Å². The maximum absolute atomic E-state index is 13.1. The molecule has 1 saturated heterocycles. The molecular formula is C22H17FN4O5. The Morgan fingerprint density at radius 2 is 2.00 bits per heavy atom. The molecule has 4 aromatic rings. The Balaban J connectivity index is 1.29. The Labute approximate surface area is 180 Å². The molecule has 0 bridgehead atoms. The predicted octanol–water partition coefficient (Wildman–Crippen LogP) is 3.62. The minimum atomic E-state index is -0.613. The van der Waals surface area contributed by atoms with Gasteiger partial charge in [-0.25, -0.2) is 4.39 Å². The number of nitrogens with one attached hydrogen (secondary N) is 1. The van der Waals surface area contributed by atoms with E-state index in [-0.39, 0.29) is 30.8 Å². The first kappa shape index (κ1) is 19.7. The highest BCUT2D eigenvalue weighted by Crippen LogP contribution is 2.33. The van der Waals surface area contributed by atoms with Crippen molar-refractivity contribution in [2.24, 2.45) is 5.92 Å². The van der Waals surface area contributed by atoms with E-state index >= 15 is 0 Å². The maximum Gasteiger partial charge on any atom is 0.322 e. The fraction of sp³-hybridized carbons (Fsp3) is 0.182. The second-order valence-corrected chi connectivity index (χ2v) is 7.27. The molecule has 3 heterocycles. The fourth-order valence-electron chi connectivity index (χ4n) is 3.64. The summed E-state index contributed by atoms with van der Waals surface area (Å²) in [5.74, 6) is -0.671. The number of carbonyl (C=O) groups excluding carboxylic acids is 2. The van der Waals surface area contributed by atoms with Crippen molar-refractivity contribution in [2.45, 2.75) is 6.42 Å². The third kappa shape index (κ3) is 3.55. The first-order valence-corrected chi connectivity index (χ1v) is 9.79. The Kier molecular flexibility index (Phi) is 4.81. The van der Waals surface area contributed by atoms with Crippen LogP contribution in [-0.2, 0) is 9.59 Å². The van der Waals surface area contributed by atoms with Gasteiger partial charge in [0.15, 0.2) is 17.1 Å². The molecule has 2 amide bonds. The molecule has 1 aliphatic heterocycles. The summed E-state index contributed by atoms with van der Waals surface area (Å²) in [5.41, 5.74) is 1.08. The predicted molar refractivity (Wildman–Crippen MR) is 112 cm³/mol. The number of ether oxygens (including phenoxy) is 1. The topological polar surface area (TPSA) is 111 Å². The monoisotopic (exact) mass is 436 g/mol. The fourth-order valence-corrected chi connectivity index (χ4v) is 3.64. The van der Waals surface area contributed by atoms with Gasteiger partial charge in [0.2, 0.25) is 11.8 Å². The number of amides is 2. The van der Waals surface area contributed by atoms with Crippen LogP contribution in [0.1, 0.15) is 6.42 Å². The molecule has 1 N–H and O–H groups in total. The summed E-state index contributed by atoms with van der Waals surface area (Å²) < 4.78 is 29.7. The van der Waals surface area contributed by atoms with Crippen molar-refractivity contribution in [2.75, 3.05) is 23.9 Å². The summed E-state index contributed by atoms with van der Waals surface area (Å²) in [6.07, 6.45) is 0.0214. The largest absolute Gasteiger partial charge is 0.493 e. The molecule has 0 aliphatic carbocycles. The molecule has 0 unspecified atom stereocenters. The van der Waals surface area contributed by atoms with Crippen LogP contribution < -0.4 is 15.0 Å². The summed E-state index contributed by atoms with van der Waals surface area (Å²) in [7, 11) is 1.54. The SMILES string of the molecule is COc1cccc2cc(-c3nnc(NC(=O)[C@H]4CC(=O)N(c5ccc(F)cc5)C4)o3)oc12. The van der Waals surface area contributed by atoms with Gasteiger partial charge in [-0.2, -0.15) is 0 Å². The van der Waals surface area contributed by atoms with Gasteiger partial charge in [0, 0.05) is 24.0 Å². The number of carbonyl (C=O) groups is 2. The molecule has 0 saturated carbocycles. The number of aromatic nitrogens is 2. The Hall–Kier alpha value is -4.21. The van der Waals surface area contributed by atoms with Crippen LogP contribution in [0.5, 0.6) is 5.75 Å². The lowest BCUT2D eigenvalue weighted by atomic mass is 10.1. The summed E-state index contributed by atoms with van der Waals surface area (Å²) >= 11 is 0. The number of halogens is 1. The lowest BCUT2D eigenvalue weighted by Gasteiger charge is -2.16. The van der Waals surface area contributed by atoms with Crippen LogP contribution in [0.2, 0.25) is 0 Å². The molecule has 2 aromatic carbocycles. The zero-order valence-electron chi connectivity index (χ0n) is 16.9. The van der Waals surface area contributed by atoms with E-state index in [1.54, 1.807) is 19.2 Å². The number of furan rings is 1. The second-order valence-electron chi connectivity index (χ2n) is 7.27. The van der Waals surface area contributed by atoms with Crippen molar-refractivity contribution >= 4 is 34.5 Å². The van der Waals surface area contributed by atoms with Crippen LogP contribution in [-0.4, -0.2) is 35.7 Å². The molecule has 0 radical (unpaired) electrons. The van der Waals surface area contributed by atoms with E-state index in [2.05, 4.69) is 15.5 Å². The van der Waals surface area contributed by atoms with E-state index in [1.165, 1.54) is 29.2 Å². The number of anilines is 2. The first-order valence-electron chi connectivity index (χ1n) is 9.79. The van der Waals surface area contributed by atoms with Gasteiger partial charge in [-0.15, -0.1) is 5.10 Å². The number of benzene rings is 2. The van der Waals surface area contributed by atoms with Gasteiger partial charge in [0.25, 0.3) is 5.89 Å². The van der Waals surface area contributed by atoms with Gasteiger partial charge in [-0.1, -0.05) is 17.2 Å². The third-order valence-electron chi connectivity index (χ3n) is 5.23.